The number of nitrogens with zero attached hydrogens (tertiary/aromatic N) is 4. The van der Waals surface area contributed by atoms with E-state index in [1.165, 1.54) is 6.42 Å². The van der Waals surface area contributed by atoms with Gasteiger partial charge < -0.3 is 16.0 Å². The van der Waals surface area contributed by atoms with E-state index in [1.54, 1.807) is 4.68 Å². The van der Waals surface area contributed by atoms with Crippen LogP contribution in [0.2, 0.25) is 0 Å². The molecular weight excluding hydrogens is 389 g/mol. The average molecular weight is 416 g/mol. The molecule has 1 fully saturated rings. The van der Waals surface area contributed by atoms with Crippen molar-refractivity contribution in [3.05, 3.63) is 30.3 Å². The second-order valence-electron chi connectivity index (χ2n) is 6.29. The fraction of sp³-hybridized carbons (Fsp3) is 0.529. The van der Waals surface area contributed by atoms with Crippen LogP contribution in [-0.2, 0) is 4.79 Å². The Kier molecular flexibility index (Phi) is 10.1. The van der Waals surface area contributed by atoms with E-state index in [9.17, 15) is 4.79 Å². The van der Waals surface area contributed by atoms with Gasteiger partial charge in [0.15, 0.2) is 0 Å². The summed E-state index contributed by atoms with van der Waals surface area (Å²) in [5.74, 6) is 1.11. The lowest BCUT2D eigenvalue weighted by Gasteiger charge is -2.18. The van der Waals surface area contributed by atoms with Crippen molar-refractivity contribution in [3.63, 3.8) is 0 Å². The highest BCUT2D eigenvalue weighted by molar-refractivity contribution is 5.85. The van der Waals surface area contributed by atoms with Crippen molar-refractivity contribution in [2.24, 2.45) is 5.92 Å². The van der Waals surface area contributed by atoms with Crippen molar-refractivity contribution >= 4 is 36.7 Å². The summed E-state index contributed by atoms with van der Waals surface area (Å²) in [4.78, 5) is 12.5. The summed E-state index contributed by atoms with van der Waals surface area (Å²) in [6.45, 7) is 4.80. The van der Waals surface area contributed by atoms with Crippen LogP contribution < -0.4 is 16.0 Å². The lowest BCUT2D eigenvalue weighted by atomic mass is 10.1. The standard InChI is InChI=1S/C17H25N7O.2ClH/c1-2-15(16(25)19-11-9-13-8-10-18-12-13)20-17-21-22-23-24(17)14-6-4-3-5-7-14;;/h3-7,13,15,18H,2,8-12H2,1H3,(H,19,25)(H,20,21,23);2*1H. The topological polar surface area (TPSA) is 96.8 Å². The van der Waals surface area contributed by atoms with E-state index < -0.39 is 0 Å². The van der Waals surface area contributed by atoms with E-state index >= 15 is 0 Å². The first-order valence-corrected chi connectivity index (χ1v) is 8.86. The summed E-state index contributed by atoms with van der Waals surface area (Å²) in [6, 6.07) is 9.24. The number of rotatable bonds is 8. The number of nitrogens with one attached hydrogen (secondary N) is 3. The molecular formula is C17H27Cl2N7O. The van der Waals surface area contributed by atoms with Gasteiger partial charge in [-0.1, -0.05) is 30.2 Å². The molecule has 2 atom stereocenters. The highest BCUT2D eigenvalue weighted by Gasteiger charge is 2.20. The van der Waals surface area contributed by atoms with Gasteiger partial charge in [-0.3, -0.25) is 4.79 Å². The zero-order chi connectivity index (χ0) is 17.5. The number of hydrogen-bond acceptors (Lipinski definition) is 6. The van der Waals surface area contributed by atoms with Gasteiger partial charge in [0, 0.05) is 6.54 Å². The molecule has 27 heavy (non-hydrogen) atoms. The molecule has 2 aromatic rings. The maximum absolute atomic E-state index is 12.5. The Morgan fingerprint density at radius 2 is 2.11 bits per heavy atom. The molecule has 1 aromatic carbocycles. The lowest BCUT2D eigenvalue weighted by Crippen LogP contribution is -2.40. The first-order valence-electron chi connectivity index (χ1n) is 8.86. The highest BCUT2D eigenvalue weighted by atomic mass is 35.5. The molecule has 2 unspecified atom stereocenters. The molecule has 0 spiro atoms. The van der Waals surface area contributed by atoms with Crippen LogP contribution in [0.4, 0.5) is 5.95 Å². The molecule has 0 bridgehead atoms. The summed E-state index contributed by atoms with van der Waals surface area (Å²) in [5.41, 5.74) is 0.846. The number of hydrogen-bond donors (Lipinski definition) is 3. The maximum atomic E-state index is 12.5. The second-order valence-corrected chi connectivity index (χ2v) is 6.29. The number of halogens is 2. The van der Waals surface area contributed by atoms with Gasteiger partial charge in [0.2, 0.25) is 11.9 Å². The van der Waals surface area contributed by atoms with E-state index in [-0.39, 0.29) is 36.8 Å². The molecule has 1 aliphatic rings. The van der Waals surface area contributed by atoms with E-state index in [1.807, 2.05) is 37.3 Å². The van der Waals surface area contributed by atoms with Crippen molar-refractivity contribution in [2.45, 2.75) is 32.2 Å². The molecule has 150 valence electrons. The number of aromatic nitrogens is 4. The Hall–Kier alpha value is -1.90. The molecule has 1 amide bonds. The average Bonchev–Trinajstić information content (AvgIpc) is 3.32. The van der Waals surface area contributed by atoms with Crippen molar-refractivity contribution in [1.82, 2.24) is 30.8 Å². The van der Waals surface area contributed by atoms with E-state index in [2.05, 4.69) is 31.5 Å². The number of para-hydroxylation sites is 1. The lowest BCUT2D eigenvalue weighted by molar-refractivity contribution is -0.121. The van der Waals surface area contributed by atoms with Crippen LogP contribution in [0.3, 0.4) is 0 Å². The fourth-order valence-electron chi connectivity index (χ4n) is 3.01. The molecule has 1 aromatic heterocycles. The Morgan fingerprint density at radius 1 is 1.33 bits per heavy atom. The first kappa shape index (κ1) is 23.1. The van der Waals surface area contributed by atoms with Crippen LogP contribution in [-0.4, -0.2) is 51.8 Å². The molecule has 0 saturated carbocycles. The van der Waals surface area contributed by atoms with Crippen molar-refractivity contribution in [2.75, 3.05) is 25.0 Å². The molecule has 1 aliphatic heterocycles. The number of benzene rings is 1. The van der Waals surface area contributed by atoms with E-state index in [0.29, 0.717) is 24.8 Å². The third kappa shape index (κ3) is 6.34. The summed E-state index contributed by atoms with van der Waals surface area (Å²) in [7, 11) is 0. The summed E-state index contributed by atoms with van der Waals surface area (Å²) >= 11 is 0. The second kappa shape index (κ2) is 11.7. The van der Waals surface area contributed by atoms with Gasteiger partial charge in [-0.2, -0.15) is 4.68 Å². The van der Waals surface area contributed by atoms with Crippen molar-refractivity contribution in [3.8, 4) is 5.69 Å². The van der Waals surface area contributed by atoms with E-state index in [0.717, 1.165) is 25.2 Å². The van der Waals surface area contributed by atoms with Crippen molar-refractivity contribution < 1.29 is 4.79 Å². The van der Waals surface area contributed by atoms with Crippen LogP contribution >= 0.6 is 24.8 Å². The zero-order valence-corrected chi connectivity index (χ0v) is 16.9. The molecule has 2 heterocycles. The third-order valence-electron chi connectivity index (χ3n) is 4.51. The zero-order valence-electron chi connectivity index (χ0n) is 15.3. The number of carbonyl (C=O) groups is 1. The molecule has 0 radical (unpaired) electrons. The molecule has 10 heteroatoms. The summed E-state index contributed by atoms with van der Waals surface area (Å²) in [6.07, 6.45) is 2.85. The number of amides is 1. The van der Waals surface area contributed by atoms with Crippen LogP contribution in [0, 0.1) is 5.92 Å². The number of anilines is 1. The van der Waals surface area contributed by atoms with Gasteiger partial charge >= 0.3 is 0 Å². The largest absolute Gasteiger partial charge is 0.354 e. The van der Waals surface area contributed by atoms with Gasteiger partial charge in [-0.25, -0.2) is 0 Å². The minimum Gasteiger partial charge on any atom is -0.354 e. The van der Waals surface area contributed by atoms with Crippen LogP contribution in [0.25, 0.3) is 5.69 Å². The normalized spacial score (nSPS) is 16.7. The fourth-order valence-corrected chi connectivity index (χ4v) is 3.01. The predicted molar refractivity (Wildman–Crippen MR) is 110 cm³/mol. The minimum absolute atomic E-state index is 0. The van der Waals surface area contributed by atoms with Gasteiger partial charge in [0.1, 0.15) is 6.04 Å². The number of carbonyl (C=O) groups excluding carboxylic acids is 1. The Balaban J connectivity index is 0.00000182. The Morgan fingerprint density at radius 3 is 2.78 bits per heavy atom. The first-order chi connectivity index (χ1) is 12.3. The number of tetrazole rings is 1. The molecule has 0 aliphatic carbocycles. The summed E-state index contributed by atoms with van der Waals surface area (Å²) < 4.78 is 1.60. The minimum atomic E-state index is -0.366. The van der Waals surface area contributed by atoms with Crippen LogP contribution in [0.5, 0.6) is 0 Å². The monoisotopic (exact) mass is 415 g/mol. The van der Waals surface area contributed by atoms with Gasteiger partial charge in [-0.05, 0) is 60.8 Å². The Bertz CT molecular complexity index is 677. The molecule has 3 rings (SSSR count). The predicted octanol–water partition coefficient (Wildman–Crippen LogP) is 1.81. The van der Waals surface area contributed by atoms with Gasteiger partial charge in [-0.15, -0.1) is 24.8 Å². The maximum Gasteiger partial charge on any atom is 0.248 e. The molecule has 8 nitrogen and oxygen atoms in total. The van der Waals surface area contributed by atoms with Crippen LogP contribution in [0.15, 0.2) is 30.3 Å². The Labute approximate surface area is 171 Å². The summed E-state index contributed by atoms with van der Waals surface area (Å²) in [5, 5.41) is 21.3. The third-order valence-corrected chi connectivity index (χ3v) is 4.51. The van der Waals surface area contributed by atoms with Crippen molar-refractivity contribution in [1.29, 1.82) is 0 Å². The van der Waals surface area contributed by atoms with Crippen LogP contribution in [0.1, 0.15) is 26.2 Å². The quantitative estimate of drug-likeness (QED) is 0.608. The molecule has 1 saturated heterocycles. The smallest absolute Gasteiger partial charge is 0.248 e. The van der Waals surface area contributed by atoms with Gasteiger partial charge in [0.05, 0.1) is 5.69 Å². The van der Waals surface area contributed by atoms with Gasteiger partial charge in [0.25, 0.3) is 0 Å². The van der Waals surface area contributed by atoms with E-state index in [4.69, 9.17) is 0 Å². The SMILES string of the molecule is CCC(Nc1nnnn1-c1ccccc1)C(=O)NCCC1CCNC1.Cl.Cl. The highest BCUT2D eigenvalue weighted by Crippen LogP contribution is 2.13. The molecule has 3 N–H and O–H groups in total.